The number of para-hydroxylation sites is 1. The van der Waals surface area contributed by atoms with Crippen molar-refractivity contribution in [3.05, 3.63) is 54.1 Å². The lowest BCUT2D eigenvalue weighted by molar-refractivity contribution is 0.195. The Morgan fingerprint density at radius 1 is 1.05 bits per heavy atom. The molecule has 0 unspecified atom stereocenters. The fraction of sp³-hybridized carbons (Fsp3) is 0.250. The summed E-state index contributed by atoms with van der Waals surface area (Å²) in [5.74, 6) is 2.12. The summed E-state index contributed by atoms with van der Waals surface area (Å²) < 4.78 is 11.3. The van der Waals surface area contributed by atoms with Gasteiger partial charge >= 0.3 is 0 Å². The van der Waals surface area contributed by atoms with Crippen LogP contribution in [-0.4, -0.2) is 11.7 Å². The quantitative estimate of drug-likeness (QED) is 0.883. The minimum atomic E-state index is -0.564. The Hall–Kier alpha value is -2.00. The van der Waals surface area contributed by atoms with Crippen molar-refractivity contribution in [1.82, 2.24) is 0 Å². The summed E-state index contributed by atoms with van der Waals surface area (Å²) in [5, 5.41) is 9.72. The predicted molar refractivity (Wildman–Crippen MR) is 74.8 cm³/mol. The summed E-state index contributed by atoms with van der Waals surface area (Å²) in [4.78, 5) is 0. The molecule has 0 bridgehead atoms. The Kier molecular flexibility index (Phi) is 4.42. The molecule has 3 nitrogen and oxygen atoms in total. The third-order valence-corrected chi connectivity index (χ3v) is 2.71. The first-order chi connectivity index (χ1) is 9.20. The van der Waals surface area contributed by atoms with Crippen LogP contribution in [0.4, 0.5) is 0 Å². The molecule has 0 heterocycles. The largest absolute Gasteiger partial charge is 0.494 e. The third kappa shape index (κ3) is 3.48. The number of aliphatic hydroxyl groups excluding tert-OH is 1. The molecule has 2 rings (SSSR count). The fourth-order valence-corrected chi connectivity index (χ4v) is 1.84. The van der Waals surface area contributed by atoms with E-state index < -0.39 is 6.10 Å². The smallest absolute Gasteiger partial charge is 0.133 e. The molecule has 1 N–H and O–H groups in total. The Labute approximate surface area is 113 Å². The van der Waals surface area contributed by atoms with Crippen molar-refractivity contribution in [2.24, 2.45) is 0 Å². The highest BCUT2D eigenvalue weighted by atomic mass is 16.5. The van der Waals surface area contributed by atoms with Crippen molar-refractivity contribution in [2.45, 2.75) is 20.0 Å². The van der Waals surface area contributed by atoms with Gasteiger partial charge in [-0.2, -0.15) is 0 Å². The Morgan fingerprint density at radius 3 is 2.53 bits per heavy atom. The van der Waals surface area contributed by atoms with Gasteiger partial charge in [-0.1, -0.05) is 24.3 Å². The lowest BCUT2D eigenvalue weighted by atomic mass is 10.1. The predicted octanol–water partition coefficient (Wildman–Crippen LogP) is 3.93. The van der Waals surface area contributed by atoms with E-state index in [2.05, 4.69) is 0 Å². The molecule has 0 aliphatic rings. The van der Waals surface area contributed by atoms with Crippen LogP contribution in [0.3, 0.4) is 0 Å². The summed E-state index contributed by atoms with van der Waals surface area (Å²) in [6.07, 6.45) is -0.564. The van der Waals surface area contributed by atoms with Gasteiger partial charge < -0.3 is 14.6 Å². The van der Waals surface area contributed by atoms with Crippen LogP contribution in [0.2, 0.25) is 0 Å². The molecule has 0 aliphatic heterocycles. The molecule has 0 aliphatic carbocycles. The first-order valence-corrected chi connectivity index (χ1v) is 6.38. The van der Waals surface area contributed by atoms with Crippen LogP contribution in [0, 0.1) is 0 Å². The van der Waals surface area contributed by atoms with Gasteiger partial charge in [0.05, 0.1) is 12.7 Å². The van der Waals surface area contributed by atoms with Gasteiger partial charge in [-0.25, -0.2) is 0 Å². The summed E-state index contributed by atoms with van der Waals surface area (Å²) >= 11 is 0. The molecule has 0 radical (unpaired) electrons. The monoisotopic (exact) mass is 258 g/mol. The van der Waals surface area contributed by atoms with Gasteiger partial charge in [-0.15, -0.1) is 0 Å². The van der Waals surface area contributed by atoms with Gasteiger partial charge in [-0.05, 0) is 32.0 Å². The molecular formula is C16H18O3. The zero-order valence-corrected chi connectivity index (χ0v) is 11.2. The summed E-state index contributed by atoms with van der Waals surface area (Å²) in [7, 11) is 0. The molecule has 19 heavy (non-hydrogen) atoms. The number of rotatable bonds is 5. The highest BCUT2D eigenvalue weighted by Gasteiger charge is 2.09. The van der Waals surface area contributed by atoms with E-state index in [9.17, 15) is 5.11 Å². The second kappa shape index (κ2) is 6.25. The Bertz CT molecular complexity index is 535. The lowest BCUT2D eigenvalue weighted by Crippen LogP contribution is -1.96. The maximum Gasteiger partial charge on any atom is 0.133 e. The van der Waals surface area contributed by atoms with Crippen LogP contribution in [0.25, 0.3) is 0 Å². The molecule has 0 saturated carbocycles. The minimum Gasteiger partial charge on any atom is -0.494 e. The highest BCUT2D eigenvalue weighted by Crippen LogP contribution is 2.30. The molecule has 100 valence electrons. The number of ether oxygens (including phenoxy) is 2. The van der Waals surface area contributed by atoms with E-state index in [1.165, 1.54) is 0 Å². The van der Waals surface area contributed by atoms with Crippen molar-refractivity contribution >= 4 is 0 Å². The first kappa shape index (κ1) is 13.4. The minimum absolute atomic E-state index is 0.564. The highest BCUT2D eigenvalue weighted by molar-refractivity contribution is 5.41. The number of benzene rings is 2. The third-order valence-electron chi connectivity index (χ3n) is 2.71. The van der Waals surface area contributed by atoms with Gasteiger partial charge in [0.15, 0.2) is 0 Å². The van der Waals surface area contributed by atoms with Crippen LogP contribution in [-0.2, 0) is 0 Å². The van der Waals surface area contributed by atoms with E-state index in [0.29, 0.717) is 18.1 Å². The second-order valence-corrected chi connectivity index (χ2v) is 4.22. The van der Waals surface area contributed by atoms with E-state index >= 15 is 0 Å². The van der Waals surface area contributed by atoms with Crippen molar-refractivity contribution in [1.29, 1.82) is 0 Å². The molecule has 0 amide bonds. The van der Waals surface area contributed by atoms with Crippen LogP contribution < -0.4 is 9.47 Å². The summed E-state index contributed by atoms with van der Waals surface area (Å²) in [6, 6.07) is 14.9. The second-order valence-electron chi connectivity index (χ2n) is 4.22. The van der Waals surface area contributed by atoms with Crippen molar-refractivity contribution < 1.29 is 14.6 Å². The Morgan fingerprint density at radius 2 is 1.79 bits per heavy atom. The van der Waals surface area contributed by atoms with Gasteiger partial charge in [0.2, 0.25) is 0 Å². The molecule has 2 aromatic rings. The van der Waals surface area contributed by atoms with E-state index in [0.717, 1.165) is 11.3 Å². The summed E-state index contributed by atoms with van der Waals surface area (Å²) in [5.41, 5.74) is 0.768. The number of hydrogen-bond acceptors (Lipinski definition) is 3. The molecule has 2 aromatic carbocycles. The normalized spacial score (nSPS) is 11.9. The number of hydrogen-bond donors (Lipinski definition) is 1. The van der Waals surface area contributed by atoms with Crippen molar-refractivity contribution in [3.8, 4) is 17.2 Å². The molecule has 3 heteroatoms. The molecule has 0 spiro atoms. The van der Waals surface area contributed by atoms with E-state index in [1.54, 1.807) is 6.92 Å². The van der Waals surface area contributed by atoms with Gasteiger partial charge in [0.25, 0.3) is 0 Å². The van der Waals surface area contributed by atoms with Gasteiger partial charge in [0, 0.05) is 11.6 Å². The van der Waals surface area contributed by atoms with Crippen LogP contribution >= 0.6 is 0 Å². The van der Waals surface area contributed by atoms with Crippen molar-refractivity contribution in [2.75, 3.05) is 6.61 Å². The topological polar surface area (TPSA) is 38.7 Å². The van der Waals surface area contributed by atoms with Crippen LogP contribution in [0.1, 0.15) is 25.5 Å². The zero-order chi connectivity index (χ0) is 13.7. The SMILES string of the molecule is CCOc1cccc(Oc2ccccc2[C@H](C)O)c1. The standard InChI is InChI=1S/C16H18O3/c1-3-18-13-7-6-8-14(11-13)19-16-10-5-4-9-15(16)12(2)17/h4-12,17H,3H2,1-2H3/t12-/m0/s1. The fourth-order valence-electron chi connectivity index (χ4n) is 1.84. The molecular weight excluding hydrogens is 240 g/mol. The van der Waals surface area contributed by atoms with E-state index in [4.69, 9.17) is 9.47 Å². The average molecular weight is 258 g/mol. The summed E-state index contributed by atoms with van der Waals surface area (Å²) in [6.45, 7) is 4.28. The maximum atomic E-state index is 9.72. The van der Waals surface area contributed by atoms with E-state index in [1.807, 2.05) is 55.5 Å². The average Bonchev–Trinajstić information content (AvgIpc) is 2.40. The number of aliphatic hydroxyl groups is 1. The van der Waals surface area contributed by atoms with E-state index in [-0.39, 0.29) is 0 Å². The molecule has 0 saturated heterocycles. The molecule has 0 aromatic heterocycles. The lowest BCUT2D eigenvalue weighted by Gasteiger charge is -2.13. The van der Waals surface area contributed by atoms with Crippen LogP contribution in [0.5, 0.6) is 17.2 Å². The Balaban J connectivity index is 2.23. The van der Waals surface area contributed by atoms with Gasteiger partial charge in [0.1, 0.15) is 17.2 Å². The maximum absolute atomic E-state index is 9.72. The van der Waals surface area contributed by atoms with Gasteiger partial charge in [-0.3, -0.25) is 0 Å². The zero-order valence-electron chi connectivity index (χ0n) is 11.2. The van der Waals surface area contributed by atoms with Crippen LogP contribution in [0.15, 0.2) is 48.5 Å². The molecule has 0 fully saturated rings. The first-order valence-electron chi connectivity index (χ1n) is 6.38. The van der Waals surface area contributed by atoms with Crippen molar-refractivity contribution in [3.63, 3.8) is 0 Å². The molecule has 1 atom stereocenters.